The molecule has 4 N–H and O–H groups in total. The molecule has 1 atom stereocenters. The highest BCUT2D eigenvalue weighted by molar-refractivity contribution is 14.0. The van der Waals surface area contributed by atoms with Gasteiger partial charge in [0, 0.05) is 12.6 Å². The number of nitrogens with zero attached hydrogens (tertiary/aromatic N) is 1. The summed E-state index contributed by atoms with van der Waals surface area (Å²) in [5, 5.41) is 13.0. The molecule has 0 saturated heterocycles. The minimum absolute atomic E-state index is 0. The van der Waals surface area contributed by atoms with Gasteiger partial charge in [0.25, 0.3) is 0 Å². The van der Waals surface area contributed by atoms with Gasteiger partial charge in [0.1, 0.15) is 0 Å². The Kier molecular flexibility index (Phi) is 8.79. The van der Waals surface area contributed by atoms with Crippen LogP contribution in [0.1, 0.15) is 44.9 Å². The number of aliphatic hydroxyl groups is 1. The molecular formula is C14H28IN3O2. The molecule has 2 fully saturated rings. The maximum Gasteiger partial charge on any atom is 0.188 e. The number of ether oxygens (including phenoxy) is 1. The van der Waals surface area contributed by atoms with Crippen molar-refractivity contribution in [2.75, 3.05) is 19.8 Å². The number of aliphatic hydroxyl groups excluding tert-OH is 1. The summed E-state index contributed by atoms with van der Waals surface area (Å²) in [4.78, 5) is 4.18. The van der Waals surface area contributed by atoms with Gasteiger partial charge in [0.15, 0.2) is 5.96 Å². The molecule has 118 valence electrons. The molecule has 0 aliphatic heterocycles. The highest BCUT2D eigenvalue weighted by atomic mass is 127. The van der Waals surface area contributed by atoms with Crippen LogP contribution in [0.3, 0.4) is 0 Å². The maximum atomic E-state index is 9.72. The van der Waals surface area contributed by atoms with Crippen molar-refractivity contribution < 1.29 is 9.84 Å². The zero-order valence-corrected chi connectivity index (χ0v) is 14.4. The van der Waals surface area contributed by atoms with Crippen molar-refractivity contribution in [1.29, 1.82) is 0 Å². The van der Waals surface area contributed by atoms with Gasteiger partial charge in [-0.25, -0.2) is 0 Å². The van der Waals surface area contributed by atoms with Crippen LogP contribution in [0.5, 0.6) is 0 Å². The Labute approximate surface area is 138 Å². The number of nitrogens with one attached hydrogen (secondary N) is 1. The van der Waals surface area contributed by atoms with E-state index in [4.69, 9.17) is 10.5 Å². The van der Waals surface area contributed by atoms with Crippen molar-refractivity contribution in [3.63, 3.8) is 0 Å². The van der Waals surface area contributed by atoms with Gasteiger partial charge in [0.2, 0.25) is 0 Å². The second kappa shape index (κ2) is 9.78. The van der Waals surface area contributed by atoms with Crippen LogP contribution in [0.15, 0.2) is 4.99 Å². The number of guanidine groups is 1. The van der Waals surface area contributed by atoms with Crippen molar-refractivity contribution in [2.45, 2.75) is 57.1 Å². The lowest BCUT2D eigenvalue weighted by molar-refractivity contribution is 0.0368. The van der Waals surface area contributed by atoms with E-state index in [0.29, 0.717) is 25.2 Å². The molecule has 0 amide bonds. The first-order valence-electron chi connectivity index (χ1n) is 7.56. The predicted molar refractivity (Wildman–Crippen MR) is 91.5 cm³/mol. The van der Waals surface area contributed by atoms with Crippen LogP contribution >= 0.6 is 24.0 Å². The van der Waals surface area contributed by atoms with Gasteiger partial charge in [-0.1, -0.05) is 19.3 Å². The fraction of sp³-hybridized carbons (Fsp3) is 0.929. The zero-order chi connectivity index (χ0) is 13.5. The molecule has 2 aliphatic carbocycles. The van der Waals surface area contributed by atoms with Crippen molar-refractivity contribution in [3.05, 3.63) is 0 Å². The highest BCUT2D eigenvalue weighted by Gasteiger charge is 2.21. The molecular weight excluding hydrogens is 369 g/mol. The van der Waals surface area contributed by atoms with E-state index >= 15 is 0 Å². The summed E-state index contributed by atoms with van der Waals surface area (Å²) in [5.74, 6) is 1.18. The smallest absolute Gasteiger partial charge is 0.188 e. The van der Waals surface area contributed by atoms with Gasteiger partial charge in [0.05, 0.1) is 19.3 Å². The molecule has 0 aromatic carbocycles. The molecule has 2 saturated carbocycles. The quantitative estimate of drug-likeness (QED) is 0.347. The van der Waals surface area contributed by atoms with E-state index in [1.807, 2.05) is 0 Å². The van der Waals surface area contributed by atoms with Gasteiger partial charge < -0.3 is 20.9 Å². The van der Waals surface area contributed by atoms with Crippen molar-refractivity contribution in [2.24, 2.45) is 16.6 Å². The van der Waals surface area contributed by atoms with Crippen LogP contribution in [0.2, 0.25) is 0 Å². The molecule has 0 radical (unpaired) electrons. The number of aliphatic imine (C=N–C) groups is 1. The predicted octanol–water partition coefficient (Wildman–Crippen LogP) is 1.63. The first-order chi connectivity index (χ1) is 9.24. The molecule has 0 heterocycles. The van der Waals surface area contributed by atoms with E-state index in [1.165, 1.54) is 44.9 Å². The third kappa shape index (κ3) is 7.64. The summed E-state index contributed by atoms with van der Waals surface area (Å²) in [7, 11) is 0. The van der Waals surface area contributed by atoms with Crippen LogP contribution in [-0.2, 0) is 4.74 Å². The Bertz CT molecular complexity index is 292. The van der Waals surface area contributed by atoms with E-state index in [0.717, 1.165) is 12.5 Å². The van der Waals surface area contributed by atoms with Gasteiger partial charge >= 0.3 is 0 Å². The number of hydrogen-bond donors (Lipinski definition) is 3. The zero-order valence-electron chi connectivity index (χ0n) is 12.1. The largest absolute Gasteiger partial charge is 0.389 e. The molecule has 0 aromatic rings. The Morgan fingerprint density at radius 2 is 1.95 bits per heavy atom. The second-order valence-corrected chi connectivity index (χ2v) is 5.84. The summed E-state index contributed by atoms with van der Waals surface area (Å²) < 4.78 is 5.42. The number of hydrogen-bond acceptors (Lipinski definition) is 3. The fourth-order valence-corrected chi connectivity index (χ4v) is 2.41. The number of nitrogens with two attached hydrogens (primary N) is 1. The van der Waals surface area contributed by atoms with Crippen LogP contribution < -0.4 is 11.1 Å². The van der Waals surface area contributed by atoms with Gasteiger partial charge in [-0.2, -0.15) is 0 Å². The number of halogens is 1. The Balaban J connectivity index is 0.00000200. The van der Waals surface area contributed by atoms with Crippen LogP contribution in [-0.4, -0.2) is 43.0 Å². The lowest BCUT2D eigenvalue weighted by atomic mass is 9.96. The molecule has 2 aliphatic rings. The average Bonchev–Trinajstić information content (AvgIpc) is 3.22. The van der Waals surface area contributed by atoms with Gasteiger partial charge in [-0.05, 0) is 31.6 Å². The minimum atomic E-state index is -0.551. The summed E-state index contributed by atoms with van der Waals surface area (Å²) in [6.45, 7) is 1.45. The second-order valence-electron chi connectivity index (χ2n) is 5.84. The molecule has 5 nitrogen and oxygen atoms in total. The number of rotatable bonds is 7. The monoisotopic (exact) mass is 397 g/mol. The van der Waals surface area contributed by atoms with Crippen LogP contribution in [0.25, 0.3) is 0 Å². The van der Waals surface area contributed by atoms with E-state index in [1.54, 1.807) is 0 Å². The Morgan fingerprint density at radius 1 is 1.25 bits per heavy atom. The first-order valence-corrected chi connectivity index (χ1v) is 7.56. The third-order valence-corrected chi connectivity index (χ3v) is 3.79. The van der Waals surface area contributed by atoms with Gasteiger partial charge in [-0.3, -0.25) is 4.99 Å². The molecule has 20 heavy (non-hydrogen) atoms. The summed E-state index contributed by atoms with van der Waals surface area (Å²) in [5.41, 5.74) is 5.83. The minimum Gasteiger partial charge on any atom is -0.389 e. The van der Waals surface area contributed by atoms with Crippen molar-refractivity contribution in [1.82, 2.24) is 5.32 Å². The Morgan fingerprint density at radius 3 is 2.60 bits per heavy atom. The SMILES string of the molecule is I.NC(=NCC(O)COCC1CC1)NC1CCCCC1. The van der Waals surface area contributed by atoms with Gasteiger partial charge in [-0.15, -0.1) is 24.0 Å². The normalized spacial score (nSPS) is 22.1. The first kappa shape index (κ1) is 18.0. The highest BCUT2D eigenvalue weighted by Crippen LogP contribution is 2.28. The van der Waals surface area contributed by atoms with Crippen LogP contribution in [0, 0.1) is 5.92 Å². The molecule has 0 aromatic heterocycles. The topological polar surface area (TPSA) is 79.9 Å². The van der Waals surface area contributed by atoms with Crippen molar-refractivity contribution in [3.8, 4) is 0 Å². The maximum absolute atomic E-state index is 9.72. The lowest BCUT2D eigenvalue weighted by Gasteiger charge is -2.23. The molecule has 2 rings (SSSR count). The summed E-state index contributed by atoms with van der Waals surface area (Å²) >= 11 is 0. The van der Waals surface area contributed by atoms with E-state index in [9.17, 15) is 5.11 Å². The molecule has 0 spiro atoms. The summed E-state index contributed by atoms with van der Waals surface area (Å²) in [6, 6.07) is 0.459. The Hall–Kier alpha value is -0.0800. The van der Waals surface area contributed by atoms with Crippen LogP contribution in [0.4, 0.5) is 0 Å². The van der Waals surface area contributed by atoms with E-state index in [2.05, 4.69) is 10.3 Å². The molecule has 6 heteroatoms. The van der Waals surface area contributed by atoms with Crippen molar-refractivity contribution >= 4 is 29.9 Å². The summed E-state index contributed by atoms with van der Waals surface area (Å²) in [6.07, 6.45) is 8.19. The third-order valence-electron chi connectivity index (χ3n) is 3.79. The van der Waals surface area contributed by atoms with E-state index in [-0.39, 0.29) is 24.0 Å². The average molecular weight is 397 g/mol. The standard InChI is InChI=1S/C14H27N3O2.HI/c15-14(17-12-4-2-1-3-5-12)16-8-13(18)10-19-9-11-6-7-11;/h11-13,18H,1-10H2,(H3,15,16,17);1H. The lowest BCUT2D eigenvalue weighted by Crippen LogP contribution is -2.41. The molecule has 0 bridgehead atoms. The van der Waals surface area contributed by atoms with E-state index < -0.39 is 6.10 Å². The molecule has 1 unspecified atom stereocenters. The fourth-order valence-electron chi connectivity index (χ4n) is 2.41.